The monoisotopic (exact) mass is 290 g/mol. The number of aliphatic carboxylic acids is 2. The Morgan fingerprint density at radius 2 is 2.00 bits per heavy atom. The van der Waals surface area contributed by atoms with E-state index < -0.39 is 22.8 Å². The number of hydrogen-bond donors (Lipinski definition) is 2. The van der Waals surface area contributed by atoms with Gasteiger partial charge in [-0.15, -0.1) is 0 Å². The van der Waals surface area contributed by atoms with Crippen LogP contribution in [0.4, 0.5) is 0 Å². The largest absolute Gasteiger partial charge is 0.481 e. The maximum absolute atomic E-state index is 11.3. The van der Waals surface area contributed by atoms with Gasteiger partial charge in [-0.3, -0.25) is 9.59 Å². The molecule has 1 rings (SSSR count). The molecule has 0 heterocycles. The van der Waals surface area contributed by atoms with Crippen molar-refractivity contribution in [1.82, 2.24) is 0 Å². The molecule has 2 atom stereocenters. The summed E-state index contributed by atoms with van der Waals surface area (Å²) in [5, 5.41) is 18.5. The van der Waals surface area contributed by atoms with Gasteiger partial charge in [-0.25, -0.2) is 0 Å². The van der Waals surface area contributed by atoms with E-state index >= 15 is 0 Å². The summed E-state index contributed by atoms with van der Waals surface area (Å²) in [6, 6.07) is 0. The van der Waals surface area contributed by atoms with Crippen LogP contribution in [0.25, 0.3) is 0 Å². The molecule has 90 valence electrons. The Bertz CT molecular complexity index is 363. The van der Waals surface area contributed by atoms with Crippen molar-refractivity contribution in [1.29, 1.82) is 0 Å². The van der Waals surface area contributed by atoms with Crippen LogP contribution in [0.3, 0.4) is 0 Å². The zero-order valence-electron chi connectivity index (χ0n) is 9.29. The van der Waals surface area contributed by atoms with E-state index in [-0.39, 0.29) is 6.42 Å². The summed E-state index contributed by atoms with van der Waals surface area (Å²) in [5.74, 6) is -1.91. The quantitative estimate of drug-likeness (QED) is 0.838. The van der Waals surface area contributed by atoms with E-state index in [0.29, 0.717) is 17.3 Å². The van der Waals surface area contributed by atoms with Gasteiger partial charge in [-0.05, 0) is 26.2 Å². The molecular weight excluding hydrogens is 276 g/mol. The van der Waals surface area contributed by atoms with Gasteiger partial charge in [-0.2, -0.15) is 0 Å². The van der Waals surface area contributed by atoms with Gasteiger partial charge in [0.25, 0.3) is 0 Å². The first-order chi connectivity index (χ1) is 7.28. The fourth-order valence-corrected chi connectivity index (χ4v) is 2.58. The van der Waals surface area contributed by atoms with Crippen LogP contribution in [-0.4, -0.2) is 22.2 Å². The predicted molar refractivity (Wildman–Crippen MR) is 62.3 cm³/mol. The molecule has 0 saturated carbocycles. The highest BCUT2D eigenvalue weighted by molar-refractivity contribution is 9.11. The Morgan fingerprint density at radius 1 is 1.44 bits per heavy atom. The van der Waals surface area contributed by atoms with Crippen molar-refractivity contribution in [2.45, 2.75) is 33.1 Å². The third-order valence-corrected chi connectivity index (χ3v) is 4.69. The van der Waals surface area contributed by atoms with Crippen LogP contribution in [0.2, 0.25) is 0 Å². The number of carboxylic acids is 2. The summed E-state index contributed by atoms with van der Waals surface area (Å²) in [6.45, 7) is 3.34. The number of carbonyl (C=O) groups is 2. The summed E-state index contributed by atoms with van der Waals surface area (Å²) < 4.78 is 0.567. The SMILES string of the molecule is CCC1(C(=O)O)CC=C(Br)C(C)(C(=O)O)C1. The molecule has 2 unspecified atom stereocenters. The molecule has 16 heavy (non-hydrogen) atoms. The van der Waals surface area contributed by atoms with Gasteiger partial charge in [0.1, 0.15) is 0 Å². The molecule has 0 fully saturated rings. The molecule has 0 spiro atoms. The second-order valence-corrected chi connectivity index (χ2v) is 5.36. The van der Waals surface area contributed by atoms with Crippen LogP contribution in [0.5, 0.6) is 0 Å². The number of rotatable bonds is 3. The molecule has 0 aliphatic heterocycles. The van der Waals surface area contributed by atoms with E-state index in [4.69, 9.17) is 0 Å². The Hall–Kier alpha value is -0.840. The summed E-state index contributed by atoms with van der Waals surface area (Å²) in [7, 11) is 0. The minimum atomic E-state index is -1.13. The van der Waals surface area contributed by atoms with Gasteiger partial charge in [-0.1, -0.05) is 28.9 Å². The fraction of sp³-hybridized carbons (Fsp3) is 0.636. The minimum absolute atomic E-state index is 0.123. The second-order valence-electron chi connectivity index (χ2n) is 4.51. The Labute approximate surface area is 102 Å². The number of carboxylic acid groups (broad SMARTS) is 2. The zero-order chi connectivity index (χ0) is 12.6. The van der Waals surface area contributed by atoms with Gasteiger partial charge in [0.05, 0.1) is 10.8 Å². The molecule has 0 amide bonds. The number of allylic oxidation sites excluding steroid dienone is 1. The second kappa shape index (κ2) is 4.20. The van der Waals surface area contributed by atoms with Gasteiger partial charge in [0, 0.05) is 4.48 Å². The first-order valence-electron chi connectivity index (χ1n) is 5.11. The highest BCUT2D eigenvalue weighted by Gasteiger charge is 2.50. The van der Waals surface area contributed by atoms with E-state index in [1.807, 2.05) is 0 Å². The average molecular weight is 291 g/mol. The van der Waals surface area contributed by atoms with E-state index in [1.54, 1.807) is 19.9 Å². The van der Waals surface area contributed by atoms with Crippen LogP contribution >= 0.6 is 15.9 Å². The first kappa shape index (κ1) is 13.2. The molecular formula is C11H15BrO4. The number of hydrogen-bond acceptors (Lipinski definition) is 2. The van der Waals surface area contributed by atoms with Crippen molar-refractivity contribution in [3.63, 3.8) is 0 Å². The number of halogens is 1. The standard InChI is InChI=1S/C11H15BrO4/c1-3-11(9(15)16)5-4-7(12)10(2,6-11)8(13)14/h4H,3,5-6H2,1-2H3,(H,13,14)(H,15,16). The Kier molecular flexibility index (Phi) is 3.47. The summed E-state index contributed by atoms with van der Waals surface area (Å²) in [5.41, 5.74) is -2.09. The maximum atomic E-state index is 11.3. The van der Waals surface area contributed by atoms with Crippen LogP contribution in [0.1, 0.15) is 33.1 Å². The predicted octanol–water partition coefficient (Wildman–Crippen LogP) is 2.63. The van der Waals surface area contributed by atoms with Crippen molar-refractivity contribution in [3.05, 3.63) is 10.6 Å². The van der Waals surface area contributed by atoms with E-state index in [2.05, 4.69) is 15.9 Å². The summed E-state index contributed by atoms with van der Waals surface area (Å²) in [6.07, 6.45) is 2.61. The maximum Gasteiger partial charge on any atom is 0.314 e. The fourth-order valence-electron chi connectivity index (χ4n) is 2.10. The highest BCUT2D eigenvalue weighted by Crippen LogP contribution is 2.50. The van der Waals surface area contributed by atoms with Crippen LogP contribution in [-0.2, 0) is 9.59 Å². The lowest BCUT2D eigenvalue weighted by Gasteiger charge is -2.39. The lowest BCUT2D eigenvalue weighted by atomic mass is 9.65. The van der Waals surface area contributed by atoms with Crippen molar-refractivity contribution >= 4 is 27.9 Å². The van der Waals surface area contributed by atoms with E-state index in [9.17, 15) is 19.8 Å². The molecule has 1 aliphatic rings. The Morgan fingerprint density at radius 3 is 2.38 bits per heavy atom. The Balaban J connectivity index is 3.19. The lowest BCUT2D eigenvalue weighted by molar-refractivity contribution is -0.156. The molecule has 0 aromatic carbocycles. The third-order valence-electron chi connectivity index (χ3n) is 3.49. The van der Waals surface area contributed by atoms with Crippen LogP contribution in [0.15, 0.2) is 10.6 Å². The lowest BCUT2D eigenvalue weighted by Crippen LogP contribution is -2.42. The zero-order valence-corrected chi connectivity index (χ0v) is 10.9. The smallest absolute Gasteiger partial charge is 0.314 e. The average Bonchev–Trinajstić information content (AvgIpc) is 2.22. The topological polar surface area (TPSA) is 74.6 Å². The molecule has 0 radical (unpaired) electrons. The van der Waals surface area contributed by atoms with E-state index in [0.717, 1.165) is 0 Å². The molecule has 0 saturated heterocycles. The molecule has 1 aliphatic carbocycles. The van der Waals surface area contributed by atoms with Gasteiger partial charge in [0.15, 0.2) is 0 Å². The van der Waals surface area contributed by atoms with Gasteiger partial charge >= 0.3 is 11.9 Å². The molecule has 4 nitrogen and oxygen atoms in total. The molecule has 0 aromatic rings. The van der Waals surface area contributed by atoms with Crippen LogP contribution < -0.4 is 0 Å². The van der Waals surface area contributed by atoms with Crippen LogP contribution in [0, 0.1) is 10.8 Å². The van der Waals surface area contributed by atoms with Crippen molar-refractivity contribution in [3.8, 4) is 0 Å². The van der Waals surface area contributed by atoms with Crippen molar-refractivity contribution < 1.29 is 19.8 Å². The first-order valence-corrected chi connectivity index (χ1v) is 5.91. The summed E-state index contributed by atoms with van der Waals surface area (Å²) >= 11 is 3.23. The van der Waals surface area contributed by atoms with Gasteiger partial charge < -0.3 is 10.2 Å². The normalized spacial score (nSPS) is 34.3. The summed E-state index contributed by atoms with van der Waals surface area (Å²) in [4.78, 5) is 22.5. The minimum Gasteiger partial charge on any atom is -0.481 e. The molecule has 2 N–H and O–H groups in total. The molecule has 0 aromatic heterocycles. The van der Waals surface area contributed by atoms with Crippen molar-refractivity contribution in [2.24, 2.45) is 10.8 Å². The van der Waals surface area contributed by atoms with Gasteiger partial charge in [0.2, 0.25) is 0 Å². The molecule has 0 bridgehead atoms. The third kappa shape index (κ3) is 1.88. The molecule has 5 heteroatoms. The van der Waals surface area contributed by atoms with Crippen molar-refractivity contribution in [2.75, 3.05) is 0 Å². The van der Waals surface area contributed by atoms with E-state index in [1.165, 1.54) is 0 Å². The highest BCUT2D eigenvalue weighted by atomic mass is 79.9.